The number of carbonyl (C=O) groups excluding carboxylic acids is 2. The van der Waals surface area contributed by atoms with Crippen LogP contribution in [0.4, 0.5) is 24.5 Å². The van der Waals surface area contributed by atoms with Gasteiger partial charge in [-0.3, -0.25) is 9.59 Å². The number of benzene rings is 2. The molecular weight excluding hydrogens is 389 g/mol. The molecule has 0 bridgehead atoms. The van der Waals surface area contributed by atoms with Crippen molar-refractivity contribution in [1.82, 2.24) is 0 Å². The Morgan fingerprint density at radius 2 is 1.61 bits per heavy atom. The van der Waals surface area contributed by atoms with Crippen molar-refractivity contribution in [3.8, 4) is 0 Å². The lowest BCUT2D eigenvalue weighted by atomic mass is 10.2. The topological polar surface area (TPSA) is 49.4 Å². The number of halogens is 3. The third-order valence-corrected chi connectivity index (χ3v) is 5.01. The summed E-state index contributed by atoms with van der Waals surface area (Å²) < 4.78 is 40.0. The van der Waals surface area contributed by atoms with Gasteiger partial charge in [0.1, 0.15) is 11.5 Å². The Bertz CT molecular complexity index is 1110. The van der Waals surface area contributed by atoms with Crippen molar-refractivity contribution in [2.75, 3.05) is 10.2 Å². The molecule has 0 saturated heterocycles. The Labute approximate surface area is 161 Å². The molecule has 4 rings (SSSR count). The highest BCUT2D eigenvalue weighted by molar-refractivity contribution is 7.11. The van der Waals surface area contributed by atoms with E-state index in [0.29, 0.717) is 4.88 Å². The molecule has 3 aromatic rings. The van der Waals surface area contributed by atoms with Crippen LogP contribution in [0.2, 0.25) is 0 Å². The predicted molar refractivity (Wildman–Crippen MR) is 100 cm³/mol. The van der Waals surface area contributed by atoms with Gasteiger partial charge in [-0.05, 0) is 47.8 Å². The van der Waals surface area contributed by atoms with Crippen molar-refractivity contribution in [2.45, 2.75) is 0 Å². The zero-order valence-electron chi connectivity index (χ0n) is 14.1. The van der Waals surface area contributed by atoms with Crippen molar-refractivity contribution in [3.63, 3.8) is 0 Å². The second kappa shape index (κ2) is 6.97. The lowest BCUT2D eigenvalue weighted by Gasteiger charge is -2.15. The number of rotatable bonds is 4. The molecule has 2 heterocycles. The summed E-state index contributed by atoms with van der Waals surface area (Å²) in [5, 5.41) is 4.48. The van der Waals surface area contributed by atoms with Crippen LogP contribution < -0.4 is 10.2 Å². The molecule has 140 valence electrons. The van der Waals surface area contributed by atoms with E-state index in [4.69, 9.17) is 0 Å². The van der Waals surface area contributed by atoms with Gasteiger partial charge in [0.15, 0.2) is 11.6 Å². The minimum atomic E-state index is -1.09. The fourth-order valence-corrected chi connectivity index (χ4v) is 3.61. The van der Waals surface area contributed by atoms with Gasteiger partial charge in [0, 0.05) is 16.6 Å². The first kappa shape index (κ1) is 18.0. The minimum Gasteiger partial charge on any atom is -0.350 e. The van der Waals surface area contributed by atoms with E-state index in [2.05, 4.69) is 5.32 Å². The average molecular weight is 400 g/mol. The van der Waals surface area contributed by atoms with Gasteiger partial charge in [-0.25, -0.2) is 18.1 Å². The second-order valence-corrected chi connectivity index (χ2v) is 6.85. The SMILES string of the molecule is O=C1C(Nc2ccc(F)c(F)c2)=C(c2cccs2)C(=O)N1c1ccc(F)cc1. The summed E-state index contributed by atoms with van der Waals surface area (Å²) in [5.41, 5.74) is 0.356. The highest BCUT2D eigenvalue weighted by Crippen LogP contribution is 2.35. The number of imide groups is 1. The van der Waals surface area contributed by atoms with Gasteiger partial charge in [0.2, 0.25) is 0 Å². The van der Waals surface area contributed by atoms with Crippen LogP contribution in [0, 0.1) is 17.5 Å². The highest BCUT2D eigenvalue weighted by Gasteiger charge is 2.40. The summed E-state index contributed by atoms with van der Waals surface area (Å²) in [6.07, 6.45) is 0. The van der Waals surface area contributed by atoms with E-state index >= 15 is 0 Å². The van der Waals surface area contributed by atoms with Gasteiger partial charge in [0.25, 0.3) is 11.8 Å². The first-order chi connectivity index (χ1) is 13.5. The van der Waals surface area contributed by atoms with E-state index < -0.39 is 29.3 Å². The van der Waals surface area contributed by atoms with Gasteiger partial charge in [0.05, 0.1) is 11.3 Å². The van der Waals surface area contributed by atoms with Gasteiger partial charge in [-0.15, -0.1) is 11.3 Å². The lowest BCUT2D eigenvalue weighted by molar-refractivity contribution is -0.120. The van der Waals surface area contributed by atoms with E-state index in [9.17, 15) is 22.8 Å². The third kappa shape index (κ3) is 3.07. The summed E-state index contributed by atoms with van der Waals surface area (Å²) in [6.45, 7) is 0. The molecule has 0 atom stereocenters. The molecule has 1 N–H and O–H groups in total. The van der Waals surface area contributed by atoms with E-state index in [1.165, 1.54) is 29.5 Å². The smallest absolute Gasteiger partial charge is 0.282 e. The predicted octanol–water partition coefficient (Wildman–Crippen LogP) is 4.56. The summed E-state index contributed by atoms with van der Waals surface area (Å²) in [5.74, 6) is -3.89. The largest absolute Gasteiger partial charge is 0.350 e. The number of nitrogens with zero attached hydrogens (tertiary/aromatic N) is 1. The molecule has 1 aromatic heterocycles. The van der Waals surface area contributed by atoms with Crippen molar-refractivity contribution < 1.29 is 22.8 Å². The quantitative estimate of drug-likeness (QED) is 0.653. The van der Waals surface area contributed by atoms with E-state index in [-0.39, 0.29) is 22.6 Å². The van der Waals surface area contributed by atoms with Crippen LogP contribution in [0.1, 0.15) is 4.88 Å². The van der Waals surface area contributed by atoms with Gasteiger partial charge < -0.3 is 5.32 Å². The van der Waals surface area contributed by atoms with Crippen LogP contribution >= 0.6 is 11.3 Å². The van der Waals surface area contributed by atoms with E-state index in [0.717, 1.165) is 29.2 Å². The van der Waals surface area contributed by atoms with Gasteiger partial charge >= 0.3 is 0 Å². The molecule has 1 aliphatic heterocycles. The van der Waals surface area contributed by atoms with E-state index in [1.807, 2.05) is 0 Å². The fraction of sp³-hybridized carbons (Fsp3) is 0. The van der Waals surface area contributed by atoms with Crippen molar-refractivity contribution in [1.29, 1.82) is 0 Å². The van der Waals surface area contributed by atoms with Gasteiger partial charge in [-0.2, -0.15) is 0 Å². The Morgan fingerprint density at radius 1 is 0.857 bits per heavy atom. The molecule has 0 saturated carbocycles. The molecule has 0 unspecified atom stereocenters. The summed E-state index contributed by atoms with van der Waals surface area (Å²) >= 11 is 1.25. The normalized spacial score (nSPS) is 14.2. The number of amides is 2. The molecule has 28 heavy (non-hydrogen) atoms. The monoisotopic (exact) mass is 400 g/mol. The highest BCUT2D eigenvalue weighted by atomic mass is 32.1. The molecule has 2 aromatic carbocycles. The summed E-state index contributed by atoms with van der Waals surface area (Å²) in [7, 11) is 0. The lowest BCUT2D eigenvalue weighted by Crippen LogP contribution is -2.32. The molecule has 0 radical (unpaired) electrons. The van der Waals surface area contributed by atoms with Crippen LogP contribution in [0.25, 0.3) is 5.57 Å². The van der Waals surface area contributed by atoms with Crippen molar-refractivity contribution >= 4 is 40.1 Å². The maximum absolute atomic E-state index is 13.6. The molecule has 1 aliphatic rings. The molecular formula is C20H11F3N2O2S. The second-order valence-electron chi connectivity index (χ2n) is 5.90. The minimum absolute atomic E-state index is 0.0669. The number of hydrogen-bond acceptors (Lipinski definition) is 4. The average Bonchev–Trinajstić information content (AvgIpc) is 3.27. The number of thiophene rings is 1. The molecule has 4 nitrogen and oxygen atoms in total. The zero-order chi connectivity index (χ0) is 19.8. The maximum Gasteiger partial charge on any atom is 0.282 e. The van der Waals surface area contributed by atoms with Gasteiger partial charge in [-0.1, -0.05) is 6.07 Å². The molecule has 0 aliphatic carbocycles. The number of nitrogens with one attached hydrogen (secondary N) is 1. The molecule has 8 heteroatoms. The third-order valence-electron chi connectivity index (χ3n) is 4.13. The Balaban J connectivity index is 1.79. The van der Waals surface area contributed by atoms with Crippen LogP contribution in [0.3, 0.4) is 0 Å². The maximum atomic E-state index is 13.6. The molecule has 0 spiro atoms. The standard InChI is InChI=1S/C20H11F3N2O2S/c21-11-3-6-13(7-4-11)25-19(26)17(16-2-1-9-28-16)18(20(25)27)24-12-5-8-14(22)15(23)10-12/h1-10,24H. The summed E-state index contributed by atoms with van der Waals surface area (Å²) in [6, 6.07) is 11.4. The first-order valence-corrected chi connectivity index (χ1v) is 8.98. The van der Waals surface area contributed by atoms with Crippen LogP contribution in [0.5, 0.6) is 0 Å². The van der Waals surface area contributed by atoms with Crippen LogP contribution in [-0.4, -0.2) is 11.8 Å². The molecule has 2 amide bonds. The summed E-state index contributed by atoms with van der Waals surface area (Å²) in [4.78, 5) is 27.4. The fourth-order valence-electron chi connectivity index (χ4n) is 2.84. The zero-order valence-corrected chi connectivity index (χ0v) is 14.9. The Morgan fingerprint density at radius 3 is 2.25 bits per heavy atom. The number of anilines is 2. The van der Waals surface area contributed by atoms with Crippen molar-refractivity contribution in [2.24, 2.45) is 0 Å². The number of carbonyl (C=O) groups is 2. The van der Waals surface area contributed by atoms with Crippen LogP contribution in [-0.2, 0) is 9.59 Å². The number of hydrogen-bond donors (Lipinski definition) is 1. The molecule has 0 fully saturated rings. The van der Waals surface area contributed by atoms with E-state index in [1.54, 1.807) is 17.5 Å². The Hall–Kier alpha value is -3.39. The van der Waals surface area contributed by atoms with Crippen molar-refractivity contribution in [3.05, 3.63) is 88.0 Å². The van der Waals surface area contributed by atoms with Crippen LogP contribution in [0.15, 0.2) is 65.7 Å². The first-order valence-electron chi connectivity index (χ1n) is 8.10. The Kier molecular flexibility index (Phi) is 4.48.